The summed E-state index contributed by atoms with van der Waals surface area (Å²) in [5, 5.41) is 2.61. The average molecular weight is 451 g/mol. The lowest BCUT2D eigenvalue weighted by Gasteiger charge is -2.31. The topological polar surface area (TPSA) is 66.2 Å². The van der Waals surface area contributed by atoms with Crippen molar-refractivity contribution in [3.8, 4) is 0 Å². The highest BCUT2D eigenvalue weighted by Crippen LogP contribution is 2.31. The van der Waals surface area contributed by atoms with E-state index < -0.39 is 18.0 Å². The third-order valence-corrected chi connectivity index (χ3v) is 5.53. The summed E-state index contributed by atoms with van der Waals surface area (Å²) in [7, 11) is 0. The van der Waals surface area contributed by atoms with E-state index in [-0.39, 0.29) is 19.0 Å². The van der Waals surface area contributed by atoms with Gasteiger partial charge in [0.05, 0.1) is 31.0 Å². The molecule has 28 heavy (non-hydrogen) atoms. The summed E-state index contributed by atoms with van der Waals surface area (Å²) in [4.78, 5) is 29.8. The number of carbonyl (C=O) groups is 2. The minimum Gasteiger partial charge on any atom is -0.442 e. The zero-order valence-corrected chi connectivity index (χ0v) is 17.0. The van der Waals surface area contributed by atoms with Crippen LogP contribution in [0, 0.1) is 12.4 Å². The fourth-order valence-corrected chi connectivity index (χ4v) is 3.72. The van der Waals surface area contributed by atoms with Crippen LogP contribution in [0.5, 0.6) is 0 Å². The van der Waals surface area contributed by atoms with Crippen LogP contribution in [0.25, 0.3) is 4.85 Å². The van der Waals surface area contributed by atoms with Crippen LogP contribution in [0.2, 0.25) is 0 Å². The molecule has 0 saturated carbocycles. The van der Waals surface area contributed by atoms with Gasteiger partial charge in [-0.15, -0.1) is 0 Å². The molecule has 0 radical (unpaired) electrons. The molecule has 0 spiro atoms. The molecule has 2 heterocycles. The second-order valence-corrected chi connectivity index (χ2v) is 7.43. The van der Waals surface area contributed by atoms with Crippen molar-refractivity contribution >= 4 is 39.3 Å². The molecule has 1 aromatic carbocycles. The number of nitrogens with one attached hydrogen (secondary N) is 1. The Morgan fingerprint density at radius 2 is 2.14 bits per heavy atom. The van der Waals surface area contributed by atoms with E-state index in [2.05, 4.69) is 26.1 Å². The first-order chi connectivity index (χ1) is 13.4. The Bertz CT molecular complexity index is 857. The first kappa shape index (κ1) is 20.1. The molecular formula is C19H20BrFN4O3. The van der Waals surface area contributed by atoms with Gasteiger partial charge in [0.2, 0.25) is 10.5 Å². The minimum absolute atomic E-state index is 0.201. The molecule has 1 aromatic rings. The Morgan fingerprint density at radius 3 is 2.75 bits per heavy atom. The van der Waals surface area contributed by atoms with Gasteiger partial charge in [-0.25, -0.2) is 14.0 Å². The molecule has 0 aromatic heterocycles. The van der Waals surface area contributed by atoms with Crippen LogP contribution in [0.4, 0.5) is 20.6 Å². The second-order valence-electron chi connectivity index (χ2n) is 6.68. The minimum atomic E-state index is -0.556. The van der Waals surface area contributed by atoms with Crippen LogP contribution in [0.1, 0.15) is 19.8 Å². The fourth-order valence-electron chi connectivity index (χ4n) is 3.32. The van der Waals surface area contributed by atoms with E-state index in [0.29, 0.717) is 41.9 Å². The molecule has 0 bridgehead atoms. The van der Waals surface area contributed by atoms with Crippen LogP contribution in [-0.2, 0) is 9.53 Å². The number of hydrogen-bond acceptors (Lipinski definition) is 4. The van der Waals surface area contributed by atoms with E-state index >= 15 is 0 Å². The average Bonchev–Trinajstić information content (AvgIpc) is 3.06. The molecule has 148 valence electrons. The summed E-state index contributed by atoms with van der Waals surface area (Å²) in [6.07, 6.45) is 0.382. The standard InChI is InChI=1S/C19H20BrFN4O3/c1-12(26)23-10-15-11-25(19(27)28-15)14-3-4-17(16(21)9-14)24-7-5-13(6-8-24)18(20)22-2/h3-4,9,15H,5-8,10-11H2,1H3,(H,23,26)/t15-/m0/s1. The lowest BCUT2D eigenvalue weighted by molar-refractivity contribution is -0.119. The van der Waals surface area contributed by atoms with Crippen LogP contribution in [0.15, 0.2) is 28.4 Å². The van der Waals surface area contributed by atoms with Gasteiger partial charge < -0.3 is 15.0 Å². The summed E-state index contributed by atoms with van der Waals surface area (Å²) in [5.74, 6) is -0.611. The highest BCUT2D eigenvalue weighted by atomic mass is 79.9. The monoisotopic (exact) mass is 450 g/mol. The summed E-state index contributed by atoms with van der Waals surface area (Å²) in [6, 6.07) is 4.69. The number of cyclic esters (lactones) is 1. The number of carbonyl (C=O) groups excluding carboxylic acids is 2. The molecule has 7 nitrogen and oxygen atoms in total. The van der Waals surface area contributed by atoms with Gasteiger partial charge in [0.15, 0.2) is 0 Å². The maximum Gasteiger partial charge on any atom is 0.414 e. The van der Waals surface area contributed by atoms with Crippen molar-refractivity contribution in [3.05, 3.63) is 45.6 Å². The Labute approximate surface area is 171 Å². The van der Waals surface area contributed by atoms with Gasteiger partial charge in [0.25, 0.3) is 0 Å². The lowest BCUT2D eigenvalue weighted by atomic mass is 10.0. The number of halogens is 2. The van der Waals surface area contributed by atoms with Gasteiger partial charge in [-0.2, -0.15) is 0 Å². The fraction of sp³-hybridized carbons (Fsp3) is 0.421. The van der Waals surface area contributed by atoms with Gasteiger partial charge in [0, 0.05) is 20.0 Å². The molecule has 0 aliphatic carbocycles. The number of hydrogen-bond donors (Lipinski definition) is 1. The van der Waals surface area contributed by atoms with E-state index in [0.717, 1.165) is 5.57 Å². The summed E-state index contributed by atoms with van der Waals surface area (Å²) in [5.41, 5.74) is 1.95. The predicted molar refractivity (Wildman–Crippen MR) is 107 cm³/mol. The smallest absolute Gasteiger partial charge is 0.414 e. The van der Waals surface area contributed by atoms with Crippen molar-refractivity contribution in [2.45, 2.75) is 25.9 Å². The number of nitrogens with zero attached hydrogens (tertiary/aromatic N) is 3. The van der Waals surface area contributed by atoms with Gasteiger partial charge in [-0.05, 0) is 31.0 Å². The molecule has 2 fully saturated rings. The molecule has 2 aliphatic rings. The van der Waals surface area contributed by atoms with Crippen molar-refractivity contribution < 1.29 is 18.7 Å². The number of ether oxygens (including phenoxy) is 1. The number of piperidine rings is 1. The molecule has 2 saturated heterocycles. The highest BCUT2D eigenvalue weighted by Gasteiger charge is 2.33. The Morgan fingerprint density at radius 1 is 1.43 bits per heavy atom. The third kappa shape index (κ3) is 4.44. The number of rotatable bonds is 4. The normalized spacial score (nSPS) is 19.3. The quantitative estimate of drug-likeness (QED) is 0.563. The maximum atomic E-state index is 14.7. The first-order valence-corrected chi connectivity index (χ1v) is 9.70. The maximum absolute atomic E-state index is 14.7. The van der Waals surface area contributed by atoms with Gasteiger partial charge in [-0.1, -0.05) is 21.5 Å². The van der Waals surface area contributed by atoms with E-state index in [1.165, 1.54) is 17.9 Å². The number of benzene rings is 1. The molecule has 2 aliphatic heterocycles. The van der Waals surface area contributed by atoms with Gasteiger partial charge in [-0.3, -0.25) is 9.69 Å². The summed E-state index contributed by atoms with van der Waals surface area (Å²) < 4.78 is 20.5. The summed E-state index contributed by atoms with van der Waals surface area (Å²) >= 11 is 3.27. The Hall–Kier alpha value is -2.60. The molecule has 0 unspecified atom stereocenters. The number of amides is 2. The van der Waals surface area contributed by atoms with Gasteiger partial charge >= 0.3 is 6.09 Å². The molecule has 9 heteroatoms. The predicted octanol–water partition coefficient (Wildman–Crippen LogP) is 3.41. The highest BCUT2D eigenvalue weighted by molar-refractivity contribution is 9.11. The SMILES string of the molecule is [C-]#[N+]C(Br)=C1CCN(c2ccc(N3C[C@H](CNC(C)=O)OC3=O)cc2F)CC1. The zero-order valence-electron chi connectivity index (χ0n) is 15.4. The van der Waals surface area contributed by atoms with E-state index in [4.69, 9.17) is 11.3 Å². The van der Waals surface area contributed by atoms with Crippen molar-refractivity contribution in [2.75, 3.05) is 36.0 Å². The Kier molecular flexibility index (Phi) is 6.19. The second kappa shape index (κ2) is 8.61. The van der Waals surface area contributed by atoms with Crippen LogP contribution in [0.3, 0.4) is 0 Å². The van der Waals surface area contributed by atoms with E-state index in [1.54, 1.807) is 12.1 Å². The van der Waals surface area contributed by atoms with Gasteiger partial charge in [0.1, 0.15) is 11.9 Å². The first-order valence-electron chi connectivity index (χ1n) is 8.91. The zero-order chi connectivity index (χ0) is 20.3. The van der Waals surface area contributed by atoms with E-state index in [1.807, 2.05) is 4.90 Å². The van der Waals surface area contributed by atoms with Crippen LogP contribution >= 0.6 is 15.9 Å². The van der Waals surface area contributed by atoms with Crippen LogP contribution < -0.4 is 15.1 Å². The molecule has 3 rings (SSSR count). The molecular weight excluding hydrogens is 431 g/mol. The number of anilines is 2. The molecule has 1 N–H and O–H groups in total. The van der Waals surface area contributed by atoms with Crippen molar-refractivity contribution in [3.63, 3.8) is 0 Å². The van der Waals surface area contributed by atoms with Crippen molar-refractivity contribution in [2.24, 2.45) is 0 Å². The third-order valence-electron chi connectivity index (χ3n) is 4.79. The molecule has 1 atom stereocenters. The largest absolute Gasteiger partial charge is 0.442 e. The lowest BCUT2D eigenvalue weighted by Crippen LogP contribution is -2.33. The van der Waals surface area contributed by atoms with E-state index in [9.17, 15) is 14.0 Å². The van der Waals surface area contributed by atoms with Crippen LogP contribution in [-0.4, -0.2) is 44.3 Å². The van der Waals surface area contributed by atoms with Crippen molar-refractivity contribution in [1.82, 2.24) is 5.32 Å². The summed E-state index contributed by atoms with van der Waals surface area (Å²) in [6.45, 7) is 10.2. The Balaban J connectivity index is 1.67. The van der Waals surface area contributed by atoms with Crippen molar-refractivity contribution in [1.29, 1.82) is 0 Å². The molecule has 2 amide bonds.